The van der Waals surface area contributed by atoms with E-state index in [9.17, 15) is 0 Å². The molecule has 4 nitrogen and oxygen atoms in total. The van der Waals surface area contributed by atoms with Crippen LogP contribution in [0.25, 0.3) is 0 Å². The van der Waals surface area contributed by atoms with Crippen LogP contribution in [-0.4, -0.2) is 51.3 Å². The maximum absolute atomic E-state index is 5.39. The van der Waals surface area contributed by atoms with Gasteiger partial charge in [0.2, 0.25) is 0 Å². The van der Waals surface area contributed by atoms with Crippen molar-refractivity contribution in [2.24, 2.45) is 0 Å². The molecule has 4 heteroatoms. The van der Waals surface area contributed by atoms with E-state index < -0.39 is 0 Å². The van der Waals surface area contributed by atoms with Gasteiger partial charge in [-0.05, 0) is 30.5 Å². The average Bonchev–Trinajstić information content (AvgIpc) is 2.53. The minimum absolute atomic E-state index is 0.607. The first kappa shape index (κ1) is 15.1. The van der Waals surface area contributed by atoms with Crippen molar-refractivity contribution < 1.29 is 9.47 Å². The summed E-state index contributed by atoms with van der Waals surface area (Å²) in [5.41, 5.74) is 1.31. The molecular formula is C16H26N2O2. The molecule has 1 unspecified atom stereocenters. The molecule has 0 aromatic heterocycles. The Bertz CT molecular complexity index is 417. The zero-order valence-corrected chi connectivity index (χ0v) is 12.8. The third-order valence-electron chi connectivity index (χ3n) is 4.06. The van der Waals surface area contributed by atoms with Gasteiger partial charge in [0, 0.05) is 32.2 Å². The summed E-state index contributed by atoms with van der Waals surface area (Å²) in [5.74, 6) is 1.62. The molecule has 0 spiro atoms. The van der Waals surface area contributed by atoms with Gasteiger partial charge in [-0.1, -0.05) is 13.0 Å². The Hall–Kier alpha value is -1.26. The van der Waals surface area contributed by atoms with E-state index in [0.29, 0.717) is 6.04 Å². The second kappa shape index (κ2) is 7.50. The van der Waals surface area contributed by atoms with Crippen LogP contribution in [0.1, 0.15) is 18.9 Å². The van der Waals surface area contributed by atoms with Crippen LogP contribution in [0.3, 0.4) is 0 Å². The van der Waals surface area contributed by atoms with Gasteiger partial charge in [-0.2, -0.15) is 0 Å². The molecular weight excluding hydrogens is 252 g/mol. The molecule has 1 aliphatic rings. The van der Waals surface area contributed by atoms with E-state index >= 15 is 0 Å². The van der Waals surface area contributed by atoms with Crippen LogP contribution in [0.2, 0.25) is 0 Å². The molecule has 0 radical (unpaired) electrons. The number of nitrogens with one attached hydrogen (secondary N) is 1. The quantitative estimate of drug-likeness (QED) is 0.862. The average molecular weight is 278 g/mol. The smallest absolute Gasteiger partial charge is 0.160 e. The highest BCUT2D eigenvalue weighted by Crippen LogP contribution is 2.28. The molecule has 0 bridgehead atoms. The van der Waals surface area contributed by atoms with Crippen molar-refractivity contribution in [1.29, 1.82) is 0 Å². The first-order valence-electron chi connectivity index (χ1n) is 7.44. The van der Waals surface area contributed by atoms with Crippen molar-refractivity contribution in [1.82, 2.24) is 10.2 Å². The van der Waals surface area contributed by atoms with Gasteiger partial charge in [0.25, 0.3) is 0 Å². The van der Waals surface area contributed by atoms with Crippen molar-refractivity contribution >= 4 is 0 Å². The lowest BCUT2D eigenvalue weighted by Gasteiger charge is -2.34. The van der Waals surface area contributed by atoms with Crippen molar-refractivity contribution in [3.05, 3.63) is 23.8 Å². The molecule has 0 aliphatic carbocycles. The molecule has 0 saturated carbocycles. The Morgan fingerprint density at radius 2 is 1.85 bits per heavy atom. The number of hydrogen-bond donors (Lipinski definition) is 1. The summed E-state index contributed by atoms with van der Waals surface area (Å²) in [6.45, 7) is 6.76. The lowest BCUT2D eigenvalue weighted by molar-refractivity contribution is 0.167. The lowest BCUT2D eigenvalue weighted by atomic mass is 10.0. The second-order valence-corrected chi connectivity index (χ2v) is 5.24. The van der Waals surface area contributed by atoms with Gasteiger partial charge in [0.15, 0.2) is 11.5 Å². The first-order valence-corrected chi connectivity index (χ1v) is 7.44. The van der Waals surface area contributed by atoms with Gasteiger partial charge in [-0.3, -0.25) is 4.90 Å². The van der Waals surface area contributed by atoms with Gasteiger partial charge >= 0.3 is 0 Å². The monoisotopic (exact) mass is 278 g/mol. The highest BCUT2D eigenvalue weighted by Gasteiger charge is 2.19. The van der Waals surface area contributed by atoms with Gasteiger partial charge in [-0.15, -0.1) is 0 Å². The van der Waals surface area contributed by atoms with Gasteiger partial charge < -0.3 is 14.8 Å². The van der Waals surface area contributed by atoms with E-state index in [1.54, 1.807) is 14.2 Å². The number of ether oxygens (including phenoxy) is 2. The lowest BCUT2D eigenvalue weighted by Crippen LogP contribution is -2.48. The normalized spacial score (nSPS) is 17.8. The molecule has 0 amide bonds. The zero-order chi connectivity index (χ0) is 14.4. The maximum Gasteiger partial charge on any atom is 0.160 e. The number of piperazine rings is 1. The summed E-state index contributed by atoms with van der Waals surface area (Å²) < 4.78 is 10.7. The second-order valence-electron chi connectivity index (χ2n) is 5.24. The van der Waals surface area contributed by atoms with Crippen LogP contribution in [-0.2, 0) is 6.42 Å². The van der Waals surface area contributed by atoms with Crippen LogP contribution in [0.15, 0.2) is 18.2 Å². The summed E-state index contributed by atoms with van der Waals surface area (Å²) in [6, 6.07) is 6.85. The molecule has 20 heavy (non-hydrogen) atoms. The zero-order valence-electron chi connectivity index (χ0n) is 12.8. The Morgan fingerprint density at radius 3 is 2.45 bits per heavy atom. The molecule has 1 saturated heterocycles. The van der Waals surface area contributed by atoms with Crippen LogP contribution < -0.4 is 14.8 Å². The molecule has 2 rings (SSSR count). The van der Waals surface area contributed by atoms with Crippen LogP contribution in [0.5, 0.6) is 11.5 Å². The fraction of sp³-hybridized carbons (Fsp3) is 0.625. The highest BCUT2D eigenvalue weighted by atomic mass is 16.5. The summed E-state index contributed by atoms with van der Waals surface area (Å²) in [6.07, 6.45) is 2.24. The minimum Gasteiger partial charge on any atom is -0.493 e. The van der Waals surface area contributed by atoms with E-state index in [4.69, 9.17) is 9.47 Å². The van der Waals surface area contributed by atoms with Crippen LogP contribution in [0.4, 0.5) is 0 Å². The summed E-state index contributed by atoms with van der Waals surface area (Å²) in [7, 11) is 3.36. The highest BCUT2D eigenvalue weighted by molar-refractivity contribution is 5.43. The van der Waals surface area contributed by atoms with Crippen LogP contribution >= 0.6 is 0 Å². The Balaban J connectivity index is 2.06. The first-order chi connectivity index (χ1) is 9.78. The molecule has 1 heterocycles. The van der Waals surface area contributed by atoms with Crippen molar-refractivity contribution in [2.45, 2.75) is 25.8 Å². The molecule has 1 aliphatic heterocycles. The summed E-state index contributed by atoms with van der Waals surface area (Å²) in [4.78, 5) is 2.59. The SMILES string of the molecule is CCC(Cc1ccc(OC)c(OC)c1)N1CCNCC1. The van der Waals surface area contributed by atoms with Crippen molar-refractivity contribution in [2.75, 3.05) is 40.4 Å². The standard InChI is InChI=1S/C16H26N2O2/c1-4-14(18-9-7-17-8-10-18)11-13-5-6-15(19-2)16(12-13)20-3/h5-6,12,14,17H,4,7-11H2,1-3H3. The van der Waals surface area contributed by atoms with E-state index in [-0.39, 0.29) is 0 Å². The number of methoxy groups -OCH3 is 2. The van der Waals surface area contributed by atoms with E-state index in [0.717, 1.165) is 44.1 Å². The van der Waals surface area contributed by atoms with Gasteiger partial charge in [0.1, 0.15) is 0 Å². The number of hydrogen-bond acceptors (Lipinski definition) is 4. The molecule has 1 fully saturated rings. The van der Waals surface area contributed by atoms with Gasteiger partial charge in [0.05, 0.1) is 14.2 Å². The molecule has 1 aromatic carbocycles. The summed E-state index contributed by atoms with van der Waals surface area (Å²) >= 11 is 0. The third kappa shape index (κ3) is 3.64. The Labute approximate surface area is 122 Å². The third-order valence-corrected chi connectivity index (χ3v) is 4.06. The topological polar surface area (TPSA) is 33.7 Å². The fourth-order valence-corrected chi connectivity index (χ4v) is 2.86. The van der Waals surface area contributed by atoms with E-state index in [1.165, 1.54) is 12.0 Å². The molecule has 112 valence electrons. The number of rotatable bonds is 6. The largest absolute Gasteiger partial charge is 0.493 e. The van der Waals surface area contributed by atoms with Gasteiger partial charge in [-0.25, -0.2) is 0 Å². The number of benzene rings is 1. The molecule has 1 aromatic rings. The van der Waals surface area contributed by atoms with Crippen LogP contribution in [0, 0.1) is 0 Å². The number of nitrogens with zero attached hydrogens (tertiary/aromatic N) is 1. The van der Waals surface area contributed by atoms with E-state index in [2.05, 4.69) is 29.3 Å². The predicted octanol–water partition coefficient (Wildman–Crippen LogP) is 1.93. The minimum atomic E-state index is 0.607. The molecule has 1 atom stereocenters. The van der Waals surface area contributed by atoms with Crippen molar-refractivity contribution in [3.8, 4) is 11.5 Å². The fourth-order valence-electron chi connectivity index (χ4n) is 2.86. The predicted molar refractivity (Wildman–Crippen MR) is 81.8 cm³/mol. The van der Waals surface area contributed by atoms with E-state index in [1.807, 2.05) is 6.07 Å². The Morgan fingerprint density at radius 1 is 1.15 bits per heavy atom. The van der Waals surface area contributed by atoms with Crippen molar-refractivity contribution in [3.63, 3.8) is 0 Å². The maximum atomic E-state index is 5.39. The molecule has 1 N–H and O–H groups in total. The Kier molecular flexibility index (Phi) is 5.68. The summed E-state index contributed by atoms with van der Waals surface area (Å²) in [5, 5.41) is 3.41.